The van der Waals surface area contributed by atoms with Crippen molar-refractivity contribution in [2.45, 2.75) is 19.4 Å². The fourth-order valence-corrected chi connectivity index (χ4v) is 2.37. The number of hydrogen-bond donors (Lipinski definition) is 1. The van der Waals surface area contributed by atoms with E-state index in [9.17, 15) is 8.78 Å². The standard InChI is InChI=1S/C13H18F2N2.2ClH/c1-10-4-2-3-5-11(10)12(13(14)15)17-8-6-16-7-9-17;;/h2-5,12-13,16H,6-9H2,1H3;2*1H/t12-;;/m0../s1. The molecule has 0 amide bonds. The van der Waals surface area contributed by atoms with Crippen molar-refractivity contribution in [2.24, 2.45) is 0 Å². The van der Waals surface area contributed by atoms with E-state index in [2.05, 4.69) is 5.32 Å². The normalized spacial score (nSPS) is 17.5. The van der Waals surface area contributed by atoms with E-state index in [0.717, 1.165) is 24.2 Å². The summed E-state index contributed by atoms with van der Waals surface area (Å²) < 4.78 is 26.6. The molecule has 0 aliphatic carbocycles. The van der Waals surface area contributed by atoms with Crippen molar-refractivity contribution in [3.63, 3.8) is 0 Å². The Bertz CT molecular complexity index is 371. The largest absolute Gasteiger partial charge is 0.314 e. The summed E-state index contributed by atoms with van der Waals surface area (Å²) in [5.74, 6) is 0. The minimum absolute atomic E-state index is 0. The van der Waals surface area contributed by atoms with Crippen molar-refractivity contribution in [3.8, 4) is 0 Å². The average molecular weight is 313 g/mol. The van der Waals surface area contributed by atoms with Gasteiger partial charge in [0.15, 0.2) is 0 Å². The number of hydrogen-bond acceptors (Lipinski definition) is 2. The van der Waals surface area contributed by atoms with Crippen LogP contribution in [0.3, 0.4) is 0 Å². The smallest absolute Gasteiger partial charge is 0.258 e. The highest BCUT2D eigenvalue weighted by molar-refractivity contribution is 5.85. The van der Waals surface area contributed by atoms with Crippen LogP contribution in [0.15, 0.2) is 24.3 Å². The summed E-state index contributed by atoms with van der Waals surface area (Å²) in [6.45, 7) is 4.84. The lowest BCUT2D eigenvalue weighted by molar-refractivity contribution is 0.0178. The van der Waals surface area contributed by atoms with Gasteiger partial charge in [0.2, 0.25) is 0 Å². The van der Waals surface area contributed by atoms with E-state index in [0.29, 0.717) is 13.1 Å². The molecule has 0 aromatic heterocycles. The molecule has 1 aromatic rings. The highest BCUT2D eigenvalue weighted by atomic mass is 35.5. The van der Waals surface area contributed by atoms with Gasteiger partial charge in [-0.25, -0.2) is 8.78 Å². The van der Waals surface area contributed by atoms with Gasteiger partial charge in [-0.15, -0.1) is 24.8 Å². The molecule has 110 valence electrons. The molecular formula is C13H20Cl2F2N2. The Morgan fingerprint density at radius 2 is 1.68 bits per heavy atom. The van der Waals surface area contributed by atoms with Crippen LogP contribution in [0.25, 0.3) is 0 Å². The fourth-order valence-electron chi connectivity index (χ4n) is 2.37. The molecule has 0 saturated carbocycles. The summed E-state index contributed by atoms with van der Waals surface area (Å²) in [4.78, 5) is 1.88. The number of aryl methyl sites for hydroxylation is 1. The third-order valence-electron chi connectivity index (χ3n) is 3.29. The molecule has 1 saturated heterocycles. The molecule has 1 N–H and O–H groups in total. The summed E-state index contributed by atoms with van der Waals surface area (Å²) in [6, 6.07) is 6.67. The van der Waals surface area contributed by atoms with Crippen LogP contribution in [0.2, 0.25) is 0 Å². The van der Waals surface area contributed by atoms with Crippen LogP contribution in [-0.2, 0) is 0 Å². The Kier molecular flexibility index (Phi) is 8.50. The Morgan fingerprint density at radius 1 is 1.11 bits per heavy atom. The van der Waals surface area contributed by atoms with E-state index < -0.39 is 12.5 Å². The Labute approximate surface area is 125 Å². The van der Waals surface area contributed by atoms with Crippen LogP contribution >= 0.6 is 24.8 Å². The van der Waals surface area contributed by atoms with Crippen LogP contribution in [0.5, 0.6) is 0 Å². The molecule has 1 aliphatic rings. The monoisotopic (exact) mass is 312 g/mol. The number of rotatable bonds is 3. The number of halogens is 4. The van der Waals surface area contributed by atoms with Crippen molar-refractivity contribution in [1.82, 2.24) is 10.2 Å². The minimum Gasteiger partial charge on any atom is -0.314 e. The lowest BCUT2D eigenvalue weighted by Gasteiger charge is -2.35. The second kappa shape index (κ2) is 8.69. The molecule has 0 unspecified atom stereocenters. The van der Waals surface area contributed by atoms with Gasteiger partial charge in [-0.2, -0.15) is 0 Å². The molecule has 19 heavy (non-hydrogen) atoms. The molecule has 0 bridgehead atoms. The zero-order chi connectivity index (χ0) is 12.3. The van der Waals surface area contributed by atoms with E-state index in [1.807, 2.05) is 36.1 Å². The van der Waals surface area contributed by atoms with Crippen LogP contribution in [0, 0.1) is 6.92 Å². The highest BCUT2D eigenvalue weighted by Gasteiger charge is 2.30. The Morgan fingerprint density at radius 3 is 2.21 bits per heavy atom. The van der Waals surface area contributed by atoms with Crippen LogP contribution in [0.1, 0.15) is 17.2 Å². The summed E-state index contributed by atoms with van der Waals surface area (Å²) in [6.07, 6.45) is -2.34. The predicted octanol–water partition coefficient (Wildman–Crippen LogP) is 3.05. The maximum absolute atomic E-state index is 13.3. The Hall–Kier alpha value is -0.420. The molecular weight excluding hydrogens is 293 g/mol. The minimum atomic E-state index is -2.34. The van der Waals surface area contributed by atoms with E-state index in [4.69, 9.17) is 0 Å². The first-order chi connectivity index (χ1) is 8.20. The molecule has 1 aliphatic heterocycles. The number of alkyl halides is 2. The predicted molar refractivity (Wildman–Crippen MR) is 78.9 cm³/mol. The van der Waals surface area contributed by atoms with Crippen LogP contribution < -0.4 is 5.32 Å². The van der Waals surface area contributed by atoms with Crippen molar-refractivity contribution in [3.05, 3.63) is 35.4 Å². The lowest BCUT2D eigenvalue weighted by atomic mass is 10.00. The van der Waals surface area contributed by atoms with E-state index in [1.165, 1.54) is 0 Å². The summed E-state index contributed by atoms with van der Waals surface area (Å²) >= 11 is 0. The first kappa shape index (κ1) is 18.6. The van der Waals surface area contributed by atoms with Crippen molar-refractivity contribution < 1.29 is 8.78 Å². The second-order valence-corrected chi connectivity index (χ2v) is 4.42. The third kappa shape index (κ3) is 4.56. The fraction of sp³-hybridized carbons (Fsp3) is 0.538. The number of nitrogens with one attached hydrogen (secondary N) is 1. The average Bonchev–Trinajstić information content (AvgIpc) is 2.33. The van der Waals surface area contributed by atoms with E-state index >= 15 is 0 Å². The molecule has 2 rings (SSSR count). The van der Waals surface area contributed by atoms with Crippen molar-refractivity contribution in [2.75, 3.05) is 26.2 Å². The number of piperazine rings is 1. The van der Waals surface area contributed by atoms with Crippen LogP contribution in [0.4, 0.5) is 8.78 Å². The van der Waals surface area contributed by atoms with Gasteiger partial charge in [0.25, 0.3) is 6.43 Å². The third-order valence-corrected chi connectivity index (χ3v) is 3.29. The topological polar surface area (TPSA) is 15.3 Å². The van der Waals surface area contributed by atoms with E-state index in [1.54, 1.807) is 0 Å². The van der Waals surface area contributed by atoms with Gasteiger partial charge >= 0.3 is 0 Å². The van der Waals surface area contributed by atoms with Gasteiger partial charge in [0.05, 0.1) is 6.04 Å². The maximum Gasteiger partial charge on any atom is 0.258 e. The molecule has 1 atom stereocenters. The molecule has 6 heteroatoms. The molecule has 1 fully saturated rings. The summed E-state index contributed by atoms with van der Waals surface area (Å²) in [5.41, 5.74) is 1.70. The van der Waals surface area contributed by atoms with Crippen molar-refractivity contribution in [1.29, 1.82) is 0 Å². The number of benzene rings is 1. The Balaban J connectivity index is 0.00000162. The lowest BCUT2D eigenvalue weighted by Crippen LogP contribution is -2.47. The summed E-state index contributed by atoms with van der Waals surface area (Å²) in [5, 5.41) is 3.19. The maximum atomic E-state index is 13.3. The van der Waals surface area contributed by atoms with Gasteiger partial charge in [0.1, 0.15) is 0 Å². The number of nitrogens with zero attached hydrogens (tertiary/aromatic N) is 1. The SMILES string of the molecule is Cc1ccccc1[C@@H](C(F)F)N1CCNCC1.Cl.Cl. The zero-order valence-corrected chi connectivity index (χ0v) is 12.4. The first-order valence-corrected chi connectivity index (χ1v) is 5.98. The molecule has 0 spiro atoms. The van der Waals surface area contributed by atoms with Gasteiger partial charge < -0.3 is 5.32 Å². The summed E-state index contributed by atoms with van der Waals surface area (Å²) in [7, 11) is 0. The van der Waals surface area contributed by atoms with Gasteiger partial charge in [-0.3, -0.25) is 4.90 Å². The van der Waals surface area contributed by atoms with E-state index in [-0.39, 0.29) is 24.8 Å². The highest BCUT2D eigenvalue weighted by Crippen LogP contribution is 2.29. The van der Waals surface area contributed by atoms with Gasteiger partial charge in [0, 0.05) is 26.2 Å². The molecule has 1 heterocycles. The van der Waals surface area contributed by atoms with Gasteiger partial charge in [-0.05, 0) is 18.1 Å². The quantitative estimate of drug-likeness (QED) is 0.923. The molecule has 0 radical (unpaired) electrons. The first-order valence-electron chi connectivity index (χ1n) is 5.98. The van der Waals surface area contributed by atoms with Crippen LogP contribution in [-0.4, -0.2) is 37.5 Å². The van der Waals surface area contributed by atoms with Gasteiger partial charge in [-0.1, -0.05) is 24.3 Å². The zero-order valence-electron chi connectivity index (χ0n) is 10.8. The van der Waals surface area contributed by atoms with Crippen molar-refractivity contribution >= 4 is 24.8 Å². The molecule has 1 aromatic carbocycles. The second-order valence-electron chi connectivity index (χ2n) is 4.42. The molecule has 2 nitrogen and oxygen atoms in total.